The Balaban J connectivity index is 1.73. The summed E-state index contributed by atoms with van der Waals surface area (Å²) < 4.78 is 30.2. The van der Waals surface area contributed by atoms with Crippen molar-refractivity contribution in [2.75, 3.05) is 4.72 Å². The lowest BCUT2D eigenvalue weighted by atomic mass is 10.1. The second-order valence-corrected chi connectivity index (χ2v) is 9.84. The van der Waals surface area contributed by atoms with Gasteiger partial charge >= 0.3 is 0 Å². The van der Waals surface area contributed by atoms with Crippen LogP contribution < -0.4 is 4.72 Å². The highest BCUT2D eigenvalue weighted by Gasteiger charge is 2.20. The van der Waals surface area contributed by atoms with Crippen LogP contribution in [0.5, 0.6) is 0 Å². The number of para-hydroxylation sites is 1. The zero-order chi connectivity index (χ0) is 22.0. The minimum Gasteiger partial charge on any atom is -0.278 e. The van der Waals surface area contributed by atoms with E-state index in [1.165, 1.54) is 0 Å². The fraction of sp³-hybridized carbons (Fsp3) is 0.0833. The van der Waals surface area contributed by atoms with Crippen molar-refractivity contribution in [3.63, 3.8) is 0 Å². The first-order valence-electron chi connectivity index (χ1n) is 9.45. The number of aromatic nitrogens is 2. The molecule has 0 spiro atoms. The molecule has 0 saturated heterocycles. The number of nitrogens with zero attached hydrogens (tertiary/aromatic N) is 2. The predicted octanol–water partition coefficient (Wildman–Crippen LogP) is 5.05. The molecule has 31 heavy (non-hydrogen) atoms. The summed E-state index contributed by atoms with van der Waals surface area (Å²) in [6.45, 7) is 3.80. The summed E-state index contributed by atoms with van der Waals surface area (Å²) in [6.07, 6.45) is 3.30. The zero-order valence-electron chi connectivity index (χ0n) is 16.8. The molecule has 0 atom stereocenters. The summed E-state index contributed by atoms with van der Waals surface area (Å²) in [5, 5.41) is 0.775. The van der Waals surface area contributed by atoms with Gasteiger partial charge in [0.05, 0.1) is 16.9 Å². The Labute approximate surface area is 195 Å². The molecule has 7 heteroatoms. The van der Waals surface area contributed by atoms with Gasteiger partial charge in [0.25, 0.3) is 10.0 Å². The number of benzene rings is 2. The Bertz CT molecular complexity index is 1470. The van der Waals surface area contributed by atoms with Crippen LogP contribution in [0.25, 0.3) is 10.9 Å². The second kappa shape index (κ2) is 8.65. The molecule has 0 aliphatic carbocycles. The van der Waals surface area contributed by atoms with Gasteiger partial charge in [0.15, 0.2) is 0 Å². The minimum absolute atomic E-state index is 0.142. The normalized spacial score (nSPS) is 11.1. The number of rotatable bonds is 3. The maximum atomic E-state index is 13.3. The molecule has 0 aliphatic rings. The molecule has 2 aromatic carbocycles. The van der Waals surface area contributed by atoms with Crippen LogP contribution in [0.15, 0.2) is 71.9 Å². The monoisotopic (exact) mass is 539 g/mol. The van der Waals surface area contributed by atoms with E-state index >= 15 is 0 Å². The minimum atomic E-state index is -3.87. The molecule has 2 heterocycles. The quantitative estimate of drug-likeness (QED) is 0.292. The third-order valence-corrected chi connectivity index (χ3v) is 7.11. The van der Waals surface area contributed by atoms with Gasteiger partial charge in [-0.05, 0) is 78.4 Å². The van der Waals surface area contributed by atoms with E-state index in [0.717, 1.165) is 25.8 Å². The summed E-state index contributed by atoms with van der Waals surface area (Å²) in [7, 11) is -3.87. The summed E-state index contributed by atoms with van der Waals surface area (Å²) >= 11 is 2.22. The summed E-state index contributed by atoms with van der Waals surface area (Å²) in [5.41, 5.74) is 3.97. The molecule has 0 saturated carbocycles. The Hall–Kier alpha value is -2.96. The van der Waals surface area contributed by atoms with Gasteiger partial charge in [-0.15, -0.1) is 0 Å². The van der Waals surface area contributed by atoms with E-state index < -0.39 is 10.0 Å². The topological polar surface area (TPSA) is 72.0 Å². The Kier molecular flexibility index (Phi) is 5.94. The van der Waals surface area contributed by atoms with E-state index in [1.54, 1.807) is 42.7 Å². The lowest BCUT2D eigenvalue weighted by Crippen LogP contribution is -2.15. The molecule has 0 fully saturated rings. The first kappa shape index (κ1) is 21.3. The van der Waals surface area contributed by atoms with Gasteiger partial charge < -0.3 is 0 Å². The predicted molar refractivity (Wildman–Crippen MR) is 131 cm³/mol. The van der Waals surface area contributed by atoms with Gasteiger partial charge in [-0.2, -0.15) is 0 Å². The van der Waals surface area contributed by atoms with E-state index in [9.17, 15) is 8.42 Å². The summed E-state index contributed by atoms with van der Waals surface area (Å²) in [5.74, 6) is 6.13. The van der Waals surface area contributed by atoms with Crippen LogP contribution in [0.2, 0.25) is 0 Å². The van der Waals surface area contributed by atoms with Gasteiger partial charge in [0.2, 0.25) is 0 Å². The molecule has 4 aromatic rings. The van der Waals surface area contributed by atoms with Crippen LogP contribution in [-0.2, 0) is 10.0 Å². The van der Waals surface area contributed by atoms with E-state index in [4.69, 9.17) is 0 Å². The molecule has 154 valence electrons. The highest BCUT2D eigenvalue weighted by atomic mass is 127. The van der Waals surface area contributed by atoms with Crippen molar-refractivity contribution in [1.29, 1.82) is 0 Å². The maximum Gasteiger partial charge on any atom is 0.264 e. The van der Waals surface area contributed by atoms with Crippen molar-refractivity contribution in [2.24, 2.45) is 0 Å². The van der Waals surface area contributed by atoms with Gasteiger partial charge in [0.1, 0.15) is 4.90 Å². The molecular formula is C24H18IN3O2S. The third kappa shape index (κ3) is 4.70. The third-order valence-electron chi connectivity index (χ3n) is 4.64. The van der Waals surface area contributed by atoms with E-state index in [0.29, 0.717) is 16.8 Å². The Morgan fingerprint density at radius 3 is 2.58 bits per heavy atom. The zero-order valence-corrected chi connectivity index (χ0v) is 19.8. The molecule has 2 aromatic heterocycles. The Morgan fingerprint density at radius 2 is 1.77 bits per heavy atom. The fourth-order valence-corrected chi connectivity index (χ4v) is 4.92. The first-order valence-corrected chi connectivity index (χ1v) is 12.0. The smallest absolute Gasteiger partial charge is 0.264 e. The number of fused-ring (bicyclic) bond motifs is 1. The van der Waals surface area contributed by atoms with Crippen LogP contribution in [0.4, 0.5) is 5.69 Å². The van der Waals surface area contributed by atoms with Crippen LogP contribution >= 0.6 is 22.6 Å². The molecule has 0 aliphatic heterocycles. The van der Waals surface area contributed by atoms with Crippen LogP contribution in [0, 0.1) is 29.3 Å². The average Bonchev–Trinajstić information content (AvgIpc) is 2.74. The van der Waals surface area contributed by atoms with Crippen molar-refractivity contribution in [1.82, 2.24) is 9.97 Å². The number of nitrogens with one attached hydrogen (secondary N) is 1. The maximum absolute atomic E-state index is 13.3. The number of anilines is 1. The molecule has 0 radical (unpaired) electrons. The number of sulfonamides is 1. The van der Waals surface area contributed by atoms with Crippen molar-refractivity contribution >= 4 is 49.2 Å². The number of hydrogen-bond acceptors (Lipinski definition) is 4. The molecule has 0 unspecified atom stereocenters. The highest BCUT2D eigenvalue weighted by Crippen LogP contribution is 2.26. The molecule has 0 bridgehead atoms. The number of pyridine rings is 2. The van der Waals surface area contributed by atoms with Gasteiger partial charge in [-0.1, -0.05) is 30.0 Å². The van der Waals surface area contributed by atoms with Gasteiger partial charge in [0, 0.05) is 32.5 Å². The number of halogens is 1. The van der Waals surface area contributed by atoms with E-state index in [-0.39, 0.29) is 4.90 Å². The van der Waals surface area contributed by atoms with Gasteiger partial charge in [-0.25, -0.2) is 8.42 Å². The molecule has 5 nitrogen and oxygen atoms in total. The second-order valence-electron chi connectivity index (χ2n) is 7.03. The number of aryl methyl sites for hydroxylation is 2. The van der Waals surface area contributed by atoms with E-state index in [1.807, 2.05) is 38.1 Å². The SMILES string of the molecule is Cc1cc(S(=O)(=O)Nc2ccccc2C#Cc2cnc(C)c(I)c2)c2ncccc2c1. The lowest BCUT2D eigenvalue weighted by molar-refractivity contribution is 0.602. The number of hydrogen-bond donors (Lipinski definition) is 1. The highest BCUT2D eigenvalue weighted by molar-refractivity contribution is 14.1. The molecular weight excluding hydrogens is 521 g/mol. The molecule has 1 N–H and O–H groups in total. The van der Waals surface area contributed by atoms with Crippen LogP contribution in [0.1, 0.15) is 22.4 Å². The van der Waals surface area contributed by atoms with Crippen LogP contribution in [-0.4, -0.2) is 18.4 Å². The van der Waals surface area contributed by atoms with Crippen LogP contribution in [0.3, 0.4) is 0 Å². The summed E-state index contributed by atoms with van der Waals surface area (Å²) in [6, 6.07) is 16.2. The van der Waals surface area contributed by atoms with Crippen molar-refractivity contribution in [3.8, 4) is 11.8 Å². The molecule has 0 amide bonds. The largest absolute Gasteiger partial charge is 0.278 e. The average molecular weight is 539 g/mol. The van der Waals surface area contributed by atoms with Crippen molar-refractivity contribution < 1.29 is 8.42 Å². The van der Waals surface area contributed by atoms with E-state index in [2.05, 4.69) is 49.1 Å². The lowest BCUT2D eigenvalue weighted by Gasteiger charge is -2.12. The standard InChI is InChI=1S/C24H18IN3O2S/c1-16-12-20-7-5-11-26-24(20)23(13-16)31(29,30)28-22-8-4-3-6-19(22)10-9-18-14-21(25)17(2)27-15-18/h3-8,11-15,28H,1-2H3. The van der Waals surface area contributed by atoms with Gasteiger partial charge in [-0.3, -0.25) is 14.7 Å². The first-order chi connectivity index (χ1) is 14.8. The molecule has 4 rings (SSSR count). The Morgan fingerprint density at radius 1 is 0.968 bits per heavy atom. The summed E-state index contributed by atoms with van der Waals surface area (Å²) in [4.78, 5) is 8.75. The van der Waals surface area contributed by atoms with Crippen molar-refractivity contribution in [2.45, 2.75) is 18.7 Å². The van der Waals surface area contributed by atoms with Crippen molar-refractivity contribution in [3.05, 3.63) is 92.9 Å². The fourth-order valence-electron chi connectivity index (χ4n) is 3.10.